The molecule has 21 heavy (non-hydrogen) atoms. The molecule has 1 N–H and O–H groups in total. The van der Waals surface area contributed by atoms with Crippen LogP contribution in [0, 0.1) is 10.7 Å². The van der Waals surface area contributed by atoms with Crippen LogP contribution in [-0.2, 0) is 9.59 Å². The summed E-state index contributed by atoms with van der Waals surface area (Å²) in [5.74, 6) is -0.443. The van der Waals surface area contributed by atoms with Crippen molar-refractivity contribution < 1.29 is 9.59 Å². The number of nitriles is 1. The van der Waals surface area contributed by atoms with Crippen molar-refractivity contribution in [2.75, 3.05) is 11.9 Å². The quantitative estimate of drug-likeness (QED) is 0.517. The fourth-order valence-corrected chi connectivity index (χ4v) is 3.50. The molecule has 1 aliphatic rings. The lowest BCUT2D eigenvalue weighted by Gasteiger charge is -2.14. The molecule has 8 heteroatoms. The second kappa shape index (κ2) is 6.93. The summed E-state index contributed by atoms with van der Waals surface area (Å²) in [7, 11) is 0. The second-order valence-corrected chi connectivity index (χ2v) is 7.05. The lowest BCUT2D eigenvalue weighted by atomic mass is 10.3. The fourth-order valence-electron chi connectivity index (χ4n) is 1.72. The Morgan fingerprint density at radius 3 is 2.71 bits per heavy atom. The summed E-state index contributed by atoms with van der Waals surface area (Å²) in [4.78, 5) is 25.9. The van der Waals surface area contributed by atoms with Crippen LogP contribution in [0.4, 0.5) is 5.69 Å². The Morgan fingerprint density at radius 1 is 1.52 bits per heavy atom. The van der Waals surface area contributed by atoms with E-state index in [4.69, 9.17) is 17.5 Å². The second-order valence-electron chi connectivity index (χ2n) is 4.22. The van der Waals surface area contributed by atoms with E-state index in [-0.39, 0.29) is 23.6 Å². The smallest absolute Gasteiger partial charge is 0.244 e. The average molecular weight is 337 g/mol. The van der Waals surface area contributed by atoms with Crippen LogP contribution in [0.25, 0.3) is 0 Å². The number of nitrogens with one attached hydrogen (secondary N) is 1. The molecule has 2 rings (SSSR count). The Morgan fingerprint density at radius 2 is 2.19 bits per heavy atom. The fraction of sp³-hybridized carbons (Fsp3) is 0.231. The van der Waals surface area contributed by atoms with Gasteiger partial charge in [-0.1, -0.05) is 24.0 Å². The molecule has 0 radical (unpaired) electrons. The standard InChI is InChI=1S/C13H11N3O2S3/c1-8-12(18)16(13(19)21-8)6-11(17)15-9-2-4-10(5-3-9)20-7-14/h2-5,8H,6H2,1H3,(H,15,17). The first-order valence-electron chi connectivity index (χ1n) is 5.99. The van der Waals surface area contributed by atoms with Crippen molar-refractivity contribution in [2.45, 2.75) is 17.1 Å². The zero-order valence-corrected chi connectivity index (χ0v) is 13.5. The van der Waals surface area contributed by atoms with Gasteiger partial charge in [0.05, 0.1) is 5.25 Å². The predicted molar refractivity (Wildman–Crippen MR) is 87.9 cm³/mol. The summed E-state index contributed by atoms with van der Waals surface area (Å²) < 4.78 is 0.434. The minimum Gasteiger partial charge on any atom is -0.325 e. The number of anilines is 1. The Labute approximate surface area is 136 Å². The molecule has 1 unspecified atom stereocenters. The number of rotatable bonds is 4. The topological polar surface area (TPSA) is 73.2 Å². The minimum atomic E-state index is -0.305. The Bertz CT molecular complexity index is 625. The van der Waals surface area contributed by atoms with Crippen molar-refractivity contribution in [3.05, 3.63) is 24.3 Å². The van der Waals surface area contributed by atoms with E-state index in [1.807, 2.05) is 5.40 Å². The van der Waals surface area contributed by atoms with E-state index < -0.39 is 0 Å². The molecule has 0 spiro atoms. The van der Waals surface area contributed by atoms with Crippen molar-refractivity contribution in [2.24, 2.45) is 0 Å². The van der Waals surface area contributed by atoms with Gasteiger partial charge in [-0.25, -0.2) is 0 Å². The maximum absolute atomic E-state index is 11.9. The molecule has 5 nitrogen and oxygen atoms in total. The van der Waals surface area contributed by atoms with Gasteiger partial charge >= 0.3 is 0 Å². The van der Waals surface area contributed by atoms with Crippen LogP contribution in [-0.4, -0.2) is 32.8 Å². The van der Waals surface area contributed by atoms with Crippen molar-refractivity contribution in [3.8, 4) is 5.40 Å². The zero-order chi connectivity index (χ0) is 15.4. The molecule has 0 bridgehead atoms. The van der Waals surface area contributed by atoms with Crippen LogP contribution in [0.5, 0.6) is 0 Å². The van der Waals surface area contributed by atoms with E-state index in [0.29, 0.717) is 10.0 Å². The zero-order valence-electron chi connectivity index (χ0n) is 11.0. The SMILES string of the molecule is CC1SC(=S)N(CC(=O)Nc2ccc(SC#N)cc2)C1=O. The molecular weight excluding hydrogens is 326 g/mol. The number of amides is 2. The third-order valence-corrected chi connectivity index (χ3v) is 4.80. The van der Waals surface area contributed by atoms with Gasteiger partial charge in [0.25, 0.3) is 0 Å². The number of carbonyl (C=O) groups is 2. The summed E-state index contributed by atoms with van der Waals surface area (Å²) >= 11 is 7.42. The maximum Gasteiger partial charge on any atom is 0.244 e. The van der Waals surface area contributed by atoms with Gasteiger partial charge in [0.15, 0.2) is 0 Å². The van der Waals surface area contributed by atoms with E-state index in [1.165, 1.54) is 16.7 Å². The van der Waals surface area contributed by atoms with Gasteiger partial charge in [-0.2, -0.15) is 5.26 Å². The van der Waals surface area contributed by atoms with Gasteiger partial charge in [0.1, 0.15) is 16.3 Å². The van der Waals surface area contributed by atoms with Crippen LogP contribution in [0.2, 0.25) is 0 Å². The summed E-state index contributed by atoms with van der Waals surface area (Å²) in [6, 6.07) is 6.90. The molecular formula is C13H11N3O2S3. The molecule has 2 amide bonds. The highest BCUT2D eigenvalue weighted by Crippen LogP contribution is 2.26. The molecule has 1 aromatic carbocycles. The Hall–Kier alpha value is -1.56. The van der Waals surface area contributed by atoms with E-state index in [9.17, 15) is 9.59 Å². The third-order valence-electron chi connectivity index (χ3n) is 2.72. The Balaban J connectivity index is 1.94. The summed E-state index contributed by atoms with van der Waals surface area (Å²) in [5, 5.41) is 13.0. The highest BCUT2D eigenvalue weighted by Gasteiger charge is 2.34. The number of thioether (sulfide) groups is 2. The number of hydrogen-bond donors (Lipinski definition) is 1. The Kier molecular flexibility index (Phi) is 5.22. The minimum absolute atomic E-state index is 0.0797. The monoisotopic (exact) mass is 337 g/mol. The number of benzene rings is 1. The average Bonchev–Trinajstić information content (AvgIpc) is 2.68. The van der Waals surface area contributed by atoms with E-state index in [1.54, 1.807) is 31.2 Å². The van der Waals surface area contributed by atoms with Crippen molar-refractivity contribution in [3.63, 3.8) is 0 Å². The first-order chi connectivity index (χ1) is 10.0. The molecule has 0 aromatic heterocycles. The van der Waals surface area contributed by atoms with Crippen LogP contribution in [0.15, 0.2) is 29.2 Å². The molecule has 1 fully saturated rings. The molecule has 1 heterocycles. The van der Waals surface area contributed by atoms with E-state index in [0.717, 1.165) is 16.7 Å². The molecule has 108 valence electrons. The summed E-state index contributed by atoms with van der Waals surface area (Å²) in [5.41, 5.74) is 0.612. The number of nitrogens with zero attached hydrogens (tertiary/aromatic N) is 2. The molecule has 1 aromatic rings. The van der Waals surface area contributed by atoms with Gasteiger partial charge in [0, 0.05) is 10.6 Å². The molecule has 0 saturated carbocycles. The lowest BCUT2D eigenvalue weighted by Crippen LogP contribution is -2.37. The van der Waals surface area contributed by atoms with Crippen LogP contribution in [0.1, 0.15) is 6.92 Å². The van der Waals surface area contributed by atoms with E-state index >= 15 is 0 Å². The number of carbonyl (C=O) groups excluding carboxylic acids is 2. The largest absolute Gasteiger partial charge is 0.325 e. The van der Waals surface area contributed by atoms with Crippen molar-refractivity contribution >= 4 is 57.6 Å². The van der Waals surface area contributed by atoms with Gasteiger partial charge in [-0.05, 0) is 43.0 Å². The first-order valence-corrected chi connectivity index (χ1v) is 8.09. The van der Waals surface area contributed by atoms with Gasteiger partial charge in [-0.15, -0.1) is 0 Å². The lowest BCUT2D eigenvalue weighted by molar-refractivity contribution is -0.129. The normalized spacial score (nSPS) is 17.7. The highest BCUT2D eigenvalue weighted by atomic mass is 32.2. The summed E-state index contributed by atoms with van der Waals surface area (Å²) in [6.45, 7) is 1.69. The van der Waals surface area contributed by atoms with E-state index in [2.05, 4.69) is 5.32 Å². The highest BCUT2D eigenvalue weighted by molar-refractivity contribution is 8.24. The number of thiocarbonyl (C=S) groups is 1. The number of hydrogen-bond acceptors (Lipinski definition) is 6. The van der Waals surface area contributed by atoms with Crippen LogP contribution < -0.4 is 5.32 Å². The van der Waals surface area contributed by atoms with Crippen LogP contribution in [0.3, 0.4) is 0 Å². The van der Waals surface area contributed by atoms with Gasteiger partial charge in [-0.3, -0.25) is 14.5 Å². The van der Waals surface area contributed by atoms with Gasteiger partial charge < -0.3 is 5.32 Å². The summed E-state index contributed by atoms with van der Waals surface area (Å²) in [6.07, 6.45) is 0. The first kappa shape index (κ1) is 15.8. The molecule has 1 aliphatic heterocycles. The molecule has 1 atom stereocenters. The molecule has 1 saturated heterocycles. The maximum atomic E-state index is 11.9. The van der Waals surface area contributed by atoms with Crippen LogP contribution >= 0.6 is 35.7 Å². The van der Waals surface area contributed by atoms with Crippen molar-refractivity contribution in [1.82, 2.24) is 4.90 Å². The number of thiocyanates is 1. The third kappa shape index (κ3) is 3.97. The molecule has 0 aliphatic carbocycles. The van der Waals surface area contributed by atoms with Gasteiger partial charge in [0.2, 0.25) is 11.8 Å². The predicted octanol–water partition coefficient (Wildman–Crippen LogP) is 2.45. The van der Waals surface area contributed by atoms with Crippen molar-refractivity contribution in [1.29, 1.82) is 5.26 Å².